The van der Waals surface area contributed by atoms with Gasteiger partial charge in [0.2, 0.25) is 5.91 Å². The standard InChI is InChI=1S/C16H22N2O3/c1-12-4-6-13(7-5-12)9-14-3-2-8-18(14)11-15(19)17-10-16(20)21/h4-7,14H,2-3,8-11H2,1H3,(H,17,19)(H,20,21). The lowest BCUT2D eigenvalue weighted by Gasteiger charge is -2.23. The molecular weight excluding hydrogens is 268 g/mol. The summed E-state index contributed by atoms with van der Waals surface area (Å²) in [7, 11) is 0. The van der Waals surface area contributed by atoms with Gasteiger partial charge in [0.05, 0.1) is 6.54 Å². The highest BCUT2D eigenvalue weighted by atomic mass is 16.4. The van der Waals surface area contributed by atoms with Crippen molar-refractivity contribution in [3.63, 3.8) is 0 Å². The van der Waals surface area contributed by atoms with Gasteiger partial charge in [-0.25, -0.2) is 0 Å². The van der Waals surface area contributed by atoms with E-state index in [9.17, 15) is 9.59 Å². The Morgan fingerprint density at radius 2 is 2.05 bits per heavy atom. The maximum atomic E-state index is 11.7. The lowest BCUT2D eigenvalue weighted by atomic mass is 10.0. The van der Waals surface area contributed by atoms with Crippen LogP contribution < -0.4 is 5.32 Å². The monoisotopic (exact) mass is 290 g/mol. The van der Waals surface area contributed by atoms with Gasteiger partial charge < -0.3 is 10.4 Å². The van der Waals surface area contributed by atoms with Crippen LogP contribution in [0.1, 0.15) is 24.0 Å². The fourth-order valence-electron chi connectivity index (χ4n) is 2.75. The zero-order valence-corrected chi connectivity index (χ0v) is 12.3. The highest BCUT2D eigenvalue weighted by molar-refractivity contribution is 5.82. The maximum absolute atomic E-state index is 11.7. The molecule has 1 unspecified atom stereocenters. The number of nitrogens with one attached hydrogen (secondary N) is 1. The Balaban J connectivity index is 1.86. The van der Waals surface area contributed by atoms with Gasteiger partial charge in [0.1, 0.15) is 6.54 Å². The van der Waals surface area contributed by atoms with Crippen molar-refractivity contribution in [2.75, 3.05) is 19.6 Å². The number of carboxylic acid groups (broad SMARTS) is 1. The highest BCUT2D eigenvalue weighted by Gasteiger charge is 2.26. The number of likely N-dealkylation sites (tertiary alicyclic amines) is 1. The maximum Gasteiger partial charge on any atom is 0.322 e. The van der Waals surface area contributed by atoms with Crippen LogP contribution in [0.25, 0.3) is 0 Å². The van der Waals surface area contributed by atoms with Crippen molar-refractivity contribution in [3.05, 3.63) is 35.4 Å². The number of nitrogens with zero attached hydrogens (tertiary/aromatic N) is 1. The average molecular weight is 290 g/mol. The molecule has 1 atom stereocenters. The minimum atomic E-state index is -1.01. The Bertz CT molecular complexity index is 499. The molecule has 1 aliphatic rings. The third-order valence-corrected chi connectivity index (χ3v) is 3.87. The number of aliphatic carboxylic acids is 1. The van der Waals surface area contributed by atoms with E-state index in [0.717, 1.165) is 25.8 Å². The molecule has 1 aromatic rings. The smallest absolute Gasteiger partial charge is 0.322 e. The predicted molar refractivity (Wildman–Crippen MR) is 80.1 cm³/mol. The van der Waals surface area contributed by atoms with E-state index in [1.54, 1.807) is 0 Å². The third-order valence-electron chi connectivity index (χ3n) is 3.87. The Kier molecular flexibility index (Phi) is 5.33. The topological polar surface area (TPSA) is 69.6 Å². The Morgan fingerprint density at radius 1 is 1.33 bits per heavy atom. The van der Waals surface area contributed by atoms with Crippen molar-refractivity contribution in [3.8, 4) is 0 Å². The SMILES string of the molecule is Cc1ccc(CC2CCCN2CC(=O)NCC(=O)O)cc1. The molecule has 0 aliphatic carbocycles. The van der Waals surface area contributed by atoms with Gasteiger partial charge in [-0.1, -0.05) is 29.8 Å². The van der Waals surface area contributed by atoms with Crippen molar-refractivity contribution in [2.24, 2.45) is 0 Å². The van der Waals surface area contributed by atoms with Gasteiger partial charge in [0.15, 0.2) is 0 Å². The molecule has 0 aromatic heterocycles. The Morgan fingerprint density at radius 3 is 2.71 bits per heavy atom. The molecule has 1 heterocycles. The van der Waals surface area contributed by atoms with Crippen LogP contribution in [0.4, 0.5) is 0 Å². The fourth-order valence-corrected chi connectivity index (χ4v) is 2.75. The number of amides is 1. The van der Waals surface area contributed by atoms with Crippen LogP contribution in [-0.2, 0) is 16.0 Å². The molecule has 0 bridgehead atoms. The average Bonchev–Trinajstić information content (AvgIpc) is 2.86. The molecule has 114 valence electrons. The molecule has 1 saturated heterocycles. The molecular formula is C16H22N2O3. The van der Waals surface area contributed by atoms with Crippen molar-refractivity contribution < 1.29 is 14.7 Å². The van der Waals surface area contributed by atoms with E-state index >= 15 is 0 Å². The quantitative estimate of drug-likeness (QED) is 0.826. The first-order valence-electron chi connectivity index (χ1n) is 7.32. The molecule has 2 N–H and O–H groups in total. The third kappa shape index (κ3) is 4.86. The second-order valence-corrected chi connectivity index (χ2v) is 5.63. The fraction of sp³-hybridized carbons (Fsp3) is 0.500. The van der Waals surface area contributed by atoms with Gasteiger partial charge in [-0.2, -0.15) is 0 Å². The minimum absolute atomic E-state index is 0.215. The molecule has 5 heteroatoms. The minimum Gasteiger partial charge on any atom is -0.480 e. The molecule has 5 nitrogen and oxygen atoms in total. The van der Waals surface area contributed by atoms with Crippen LogP contribution in [0.15, 0.2) is 24.3 Å². The summed E-state index contributed by atoms with van der Waals surface area (Å²) in [4.78, 5) is 24.3. The van der Waals surface area contributed by atoms with Crippen LogP contribution >= 0.6 is 0 Å². The summed E-state index contributed by atoms with van der Waals surface area (Å²) in [5, 5.41) is 11.0. The van der Waals surface area contributed by atoms with Crippen LogP contribution in [-0.4, -0.2) is 47.6 Å². The van der Waals surface area contributed by atoms with Crippen LogP contribution in [0, 0.1) is 6.92 Å². The first-order chi connectivity index (χ1) is 10.0. The van der Waals surface area contributed by atoms with E-state index in [1.165, 1.54) is 11.1 Å². The highest BCUT2D eigenvalue weighted by Crippen LogP contribution is 2.21. The molecule has 1 fully saturated rings. The summed E-state index contributed by atoms with van der Waals surface area (Å²) in [6, 6.07) is 8.85. The molecule has 1 amide bonds. The summed E-state index contributed by atoms with van der Waals surface area (Å²) in [5.41, 5.74) is 2.53. The van der Waals surface area contributed by atoms with E-state index in [0.29, 0.717) is 6.04 Å². The van der Waals surface area contributed by atoms with Gasteiger partial charge in [0.25, 0.3) is 0 Å². The second kappa shape index (κ2) is 7.22. The largest absolute Gasteiger partial charge is 0.480 e. The van der Waals surface area contributed by atoms with Crippen LogP contribution in [0.2, 0.25) is 0 Å². The number of carbonyl (C=O) groups excluding carboxylic acids is 1. The normalized spacial score (nSPS) is 18.6. The summed E-state index contributed by atoms with van der Waals surface area (Å²) >= 11 is 0. The zero-order chi connectivity index (χ0) is 15.2. The van der Waals surface area contributed by atoms with E-state index < -0.39 is 5.97 Å². The molecule has 0 saturated carbocycles. The van der Waals surface area contributed by atoms with Gasteiger partial charge in [-0.05, 0) is 38.3 Å². The number of carboxylic acids is 1. The number of rotatable bonds is 6. The van der Waals surface area contributed by atoms with Crippen molar-refractivity contribution in [2.45, 2.75) is 32.2 Å². The van der Waals surface area contributed by atoms with Gasteiger partial charge >= 0.3 is 5.97 Å². The van der Waals surface area contributed by atoms with Crippen LogP contribution in [0.5, 0.6) is 0 Å². The number of hydrogen-bond donors (Lipinski definition) is 2. The van der Waals surface area contributed by atoms with E-state index in [2.05, 4.69) is 41.4 Å². The number of aryl methyl sites for hydroxylation is 1. The molecule has 0 radical (unpaired) electrons. The van der Waals surface area contributed by atoms with E-state index in [-0.39, 0.29) is 19.0 Å². The lowest BCUT2D eigenvalue weighted by Crippen LogP contribution is -2.41. The van der Waals surface area contributed by atoms with Gasteiger partial charge in [-0.15, -0.1) is 0 Å². The second-order valence-electron chi connectivity index (χ2n) is 5.63. The first-order valence-corrected chi connectivity index (χ1v) is 7.32. The number of carbonyl (C=O) groups is 2. The van der Waals surface area contributed by atoms with Gasteiger partial charge in [-0.3, -0.25) is 14.5 Å². The summed E-state index contributed by atoms with van der Waals surface area (Å²) in [6.07, 6.45) is 3.11. The molecule has 1 aromatic carbocycles. The van der Waals surface area contributed by atoms with E-state index in [4.69, 9.17) is 5.11 Å². The Hall–Kier alpha value is -1.88. The molecule has 1 aliphatic heterocycles. The summed E-state index contributed by atoms with van der Waals surface area (Å²) in [5.74, 6) is -1.23. The summed E-state index contributed by atoms with van der Waals surface area (Å²) < 4.78 is 0. The molecule has 2 rings (SSSR count). The lowest BCUT2D eigenvalue weighted by molar-refractivity contribution is -0.138. The van der Waals surface area contributed by atoms with Crippen molar-refractivity contribution >= 4 is 11.9 Å². The van der Waals surface area contributed by atoms with Crippen molar-refractivity contribution in [1.29, 1.82) is 0 Å². The zero-order valence-electron chi connectivity index (χ0n) is 12.3. The number of benzene rings is 1. The molecule has 0 spiro atoms. The van der Waals surface area contributed by atoms with Gasteiger partial charge in [0, 0.05) is 6.04 Å². The Labute approximate surface area is 125 Å². The predicted octanol–water partition coefficient (Wildman–Crippen LogP) is 1.20. The van der Waals surface area contributed by atoms with Crippen molar-refractivity contribution in [1.82, 2.24) is 10.2 Å². The summed E-state index contributed by atoms with van der Waals surface area (Å²) in [6.45, 7) is 2.94. The van der Waals surface area contributed by atoms with E-state index in [1.807, 2.05) is 0 Å². The number of hydrogen-bond acceptors (Lipinski definition) is 3. The molecule has 21 heavy (non-hydrogen) atoms. The van der Waals surface area contributed by atoms with Crippen LogP contribution in [0.3, 0.4) is 0 Å². The first kappa shape index (κ1) is 15.5.